The summed E-state index contributed by atoms with van der Waals surface area (Å²) in [6.45, 7) is 6.05. The van der Waals surface area contributed by atoms with E-state index in [1.165, 1.54) is 6.07 Å². The lowest BCUT2D eigenvalue weighted by Gasteiger charge is -2.41. The van der Waals surface area contributed by atoms with Gasteiger partial charge < -0.3 is 14.4 Å². The van der Waals surface area contributed by atoms with Crippen LogP contribution in [0.15, 0.2) is 30.3 Å². The molecule has 0 spiro atoms. The molecule has 0 aromatic heterocycles. The number of ether oxygens (including phenoxy) is 2. The van der Waals surface area contributed by atoms with E-state index in [0.717, 1.165) is 11.1 Å². The van der Waals surface area contributed by atoms with Crippen LogP contribution in [0.1, 0.15) is 43.5 Å². The first kappa shape index (κ1) is 20.5. The van der Waals surface area contributed by atoms with Crippen molar-refractivity contribution in [2.24, 2.45) is 5.41 Å². The lowest BCUT2D eigenvalue weighted by molar-refractivity contribution is -0.141. The molecule has 1 amide bonds. The minimum Gasteiger partial charge on any atom is -0.493 e. The van der Waals surface area contributed by atoms with Gasteiger partial charge in [0.2, 0.25) is 5.91 Å². The van der Waals surface area contributed by atoms with Crippen LogP contribution < -0.4 is 9.47 Å². The molecule has 0 saturated carbocycles. The number of fused-ring (bicyclic) bond motifs is 1. The minimum atomic E-state index is -0.635. The van der Waals surface area contributed by atoms with Crippen LogP contribution in [0.25, 0.3) is 0 Å². The zero-order chi connectivity index (χ0) is 20.6. The summed E-state index contributed by atoms with van der Waals surface area (Å²) in [6, 6.07) is 7.67. The number of carbonyl (C=O) groups is 1. The molecule has 4 nitrogen and oxygen atoms in total. The average molecular weight is 406 g/mol. The monoisotopic (exact) mass is 405 g/mol. The van der Waals surface area contributed by atoms with Crippen LogP contribution >= 0.6 is 11.6 Å². The molecule has 1 atom stereocenters. The second-order valence-corrected chi connectivity index (χ2v) is 8.35. The van der Waals surface area contributed by atoms with Gasteiger partial charge in [-0.25, -0.2) is 4.39 Å². The van der Waals surface area contributed by atoms with Crippen molar-refractivity contribution in [3.05, 3.63) is 57.9 Å². The van der Waals surface area contributed by atoms with E-state index in [1.54, 1.807) is 31.3 Å². The lowest BCUT2D eigenvalue weighted by Crippen LogP contribution is -2.46. The topological polar surface area (TPSA) is 38.8 Å². The maximum atomic E-state index is 14.9. The second-order valence-electron chi connectivity index (χ2n) is 7.94. The summed E-state index contributed by atoms with van der Waals surface area (Å²) >= 11 is 6.41. The Bertz CT molecular complexity index is 887. The third-order valence-electron chi connectivity index (χ3n) is 5.05. The van der Waals surface area contributed by atoms with Crippen molar-refractivity contribution in [1.82, 2.24) is 4.90 Å². The van der Waals surface area contributed by atoms with Crippen molar-refractivity contribution in [2.75, 3.05) is 20.8 Å². The zero-order valence-electron chi connectivity index (χ0n) is 16.8. The minimum absolute atomic E-state index is 0.0581. The van der Waals surface area contributed by atoms with E-state index >= 15 is 0 Å². The number of halogens is 2. The molecule has 0 saturated heterocycles. The van der Waals surface area contributed by atoms with Gasteiger partial charge in [0.05, 0.1) is 20.3 Å². The summed E-state index contributed by atoms with van der Waals surface area (Å²) in [5.41, 5.74) is 1.48. The van der Waals surface area contributed by atoms with E-state index < -0.39 is 17.3 Å². The summed E-state index contributed by atoms with van der Waals surface area (Å²) in [6.07, 6.45) is 0.639. The number of carbonyl (C=O) groups excluding carboxylic acids is 1. The summed E-state index contributed by atoms with van der Waals surface area (Å²) in [7, 11) is 3.13. The number of benzene rings is 2. The van der Waals surface area contributed by atoms with E-state index in [0.29, 0.717) is 35.1 Å². The van der Waals surface area contributed by atoms with Crippen molar-refractivity contribution in [1.29, 1.82) is 0 Å². The average Bonchev–Trinajstić information content (AvgIpc) is 2.65. The lowest BCUT2D eigenvalue weighted by atomic mass is 9.84. The van der Waals surface area contributed by atoms with Crippen LogP contribution in [0.2, 0.25) is 5.02 Å². The molecule has 0 fully saturated rings. The van der Waals surface area contributed by atoms with Crippen LogP contribution in [0.5, 0.6) is 11.5 Å². The summed E-state index contributed by atoms with van der Waals surface area (Å²) in [4.78, 5) is 14.9. The highest BCUT2D eigenvalue weighted by molar-refractivity contribution is 6.31. The van der Waals surface area contributed by atoms with Crippen molar-refractivity contribution in [2.45, 2.75) is 33.2 Å². The predicted molar refractivity (Wildman–Crippen MR) is 108 cm³/mol. The van der Waals surface area contributed by atoms with Gasteiger partial charge in [-0.2, -0.15) is 0 Å². The predicted octanol–water partition coefficient (Wildman–Crippen LogP) is 5.02. The molecule has 2 aromatic carbocycles. The van der Waals surface area contributed by atoms with Crippen LogP contribution in [-0.4, -0.2) is 31.6 Å². The van der Waals surface area contributed by atoms with Crippen LogP contribution in [-0.2, 0) is 11.2 Å². The van der Waals surface area contributed by atoms with E-state index in [2.05, 4.69) is 0 Å². The maximum Gasteiger partial charge on any atom is 0.228 e. The Morgan fingerprint density at radius 3 is 2.39 bits per heavy atom. The van der Waals surface area contributed by atoms with Crippen molar-refractivity contribution >= 4 is 17.5 Å². The highest BCUT2D eigenvalue weighted by Gasteiger charge is 2.39. The molecule has 28 heavy (non-hydrogen) atoms. The van der Waals surface area contributed by atoms with Crippen LogP contribution in [0.4, 0.5) is 4.39 Å². The normalized spacial score (nSPS) is 16.5. The second kappa shape index (κ2) is 7.63. The molecular weight excluding hydrogens is 381 g/mol. The molecule has 3 rings (SSSR count). The number of amides is 1. The first-order chi connectivity index (χ1) is 13.2. The van der Waals surface area contributed by atoms with E-state index in [1.807, 2.05) is 32.9 Å². The SMILES string of the molecule is COc1cc2c(cc1OC)[C@@H](c1c(F)cccc1Cl)N(C(=O)C(C)(C)C)CC2. The third-order valence-corrected chi connectivity index (χ3v) is 5.38. The van der Waals surface area contributed by atoms with Gasteiger partial charge in [0.1, 0.15) is 5.82 Å². The third kappa shape index (κ3) is 3.55. The Hall–Kier alpha value is -2.27. The summed E-state index contributed by atoms with van der Waals surface area (Å²) in [5.74, 6) is 0.642. The Morgan fingerprint density at radius 1 is 1.18 bits per heavy atom. The molecule has 6 heteroatoms. The first-order valence-corrected chi connectivity index (χ1v) is 9.56. The fraction of sp³-hybridized carbons (Fsp3) is 0.409. The highest BCUT2D eigenvalue weighted by atomic mass is 35.5. The quantitative estimate of drug-likeness (QED) is 0.720. The van der Waals surface area contributed by atoms with Crippen LogP contribution in [0, 0.1) is 11.2 Å². The summed E-state index contributed by atoms with van der Waals surface area (Å²) in [5, 5.41) is 0.291. The Balaban J connectivity index is 2.26. The van der Waals surface area contributed by atoms with Gasteiger partial charge in [0, 0.05) is 22.5 Å². The van der Waals surface area contributed by atoms with Gasteiger partial charge in [0.25, 0.3) is 0 Å². The van der Waals surface area contributed by atoms with E-state index in [-0.39, 0.29) is 5.91 Å². The molecule has 1 heterocycles. The summed E-state index contributed by atoms with van der Waals surface area (Å²) < 4.78 is 25.8. The van der Waals surface area contributed by atoms with E-state index in [9.17, 15) is 9.18 Å². The molecule has 0 N–H and O–H groups in total. The zero-order valence-corrected chi connectivity index (χ0v) is 17.6. The number of hydrogen-bond acceptors (Lipinski definition) is 3. The van der Waals surface area contributed by atoms with Gasteiger partial charge in [-0.3, -0.25) is 4.79 Å². The van der Waals surface area contributed by atoms with Gasteiger partial charge in [0.15, 0.2) is 11.5 Å². The Morgan fingerprint density at radius 2 is 1.82 bits per heavy atom. The molecule has 150 valence electrons. The molecule has 1 aliphatic rings. The molecule has 0 unspecified atom stereocenters. The first-order valence-electron chi connectivity index (χ1n) is 9.18. The van der Waals surface area contributed by atoms with Crippen molar-refractivity contribution < 1.29 is 18.7 Å². The number of nitrogens with zero attached hydrogens (tertiary/aromatic N) is 1. The standard InChI is InChI=1S/C22H25ClFNO3/c1-22(2,3)21(26)25-10-9-13-11-17(27-4)18(28-5)12-14(13)20(25)19-15(23)7-6-8-16(19)24/h6-8,11-12,20H,9-10H2,1-5H3/t20-/m0/s1. The van der Waals surface area contributed by atoms with Crippen molar-refractivity contribution in [3.8, 4) is 11.5 Å². The smallest absolute Gasteiger partial charge is 0.228 e. The molecule has 0 bridgehead atoms. The van der Waals surface area contributed by atoms with Crippen LogP contribution in [0.3, 0.4) is 0 Å². The van der Waals surface area contributed by atoms with Crippen molar-refractivity contribution in [3.63, 3.8) is 0 Å². The number of hydrogen-bond donors (Lipinski definition) is 0. The fourth-order valence-corrected chi connectivity index (χ4v) is 3.94. The van der Waals surface area contributed by atoms with E-state index in [4.69, 9.17) is 21.1 Å². The van der Waals surface area contributed by atoms with Gasteiger partial charge in [-0.15, -0.1) is 0 Å². The number of methoxy groups -OCH3 is 2. The molecule has 2 aromatic rings. The highest BCUT2D eigenvalue weighted by Crippen LogP contribution is 2.44. The van der Waals surface area contributed by atoms with Gasteiger partial charge in [-0.05, 0) is 41.8 Å². The van der Waals surface area contributed by atoms with Gasteiger partial charge in [-0.1, -0.05) is 38.4 Å². The van der Waals surface area contributed by atoms with Gasteiger partial charge >= 0.3 is 0 Å². The largest absolute Gasteiger partial charge is 0.493 e. The Kier molecular flexibility index (Phi) is 5.57. The fourth-order valence-electron chi connectivity index (χ4n) is 3.68. The number of rotatable bonds is 3. The molecular formula is C22H25ClFNO3. The molecule has 0 radical (unpaired) electrons. The maximum absolute atomic E-state index is 14.9. The Labute approximate surface area is 170 Å². The molecule has 0 aliphatic carbocycles. The molecule has 1 aliphatic heterocycles.